The van der Waals surface area contributed by atoms with E-state index in [1.165, 1.54) is 22.0 Å². The van der Waals surface area contributed by atoms with Gasteiger partial charge in [0.15, 0.2) is 5.82 Å². The third-order valence-corrected chi connectivity index (χ3v) is 5.38. The first-order chi connectivity index (χ1) is 12.0. The number of thioether (sulfide) groups is 1. The normalized spacial score (nSPS) is 10.8. The van der Waals surface area contributed by atoms with Gasteiger partial charge >= 0.3 is 0 Å². The minimum absolute atomic E-state index is 0.0242. The summed E-state index contributed by atoms with van der Waals surface area (Å²) < 4.78 is 1.43. The van der Waals surface area contributed by atoms with Gasteiger partial charge in [-0.25, -0.2) is 4.68 Å². The van der Waals surface area contributed by atoms with Gasteiger partial charge < -0.3 is 10.7 Å². The van der Waals surface area contributed by atoms with Gasteiger partial charge in [0.2, 0.25) is 11.1 Å². The summed E-state index contributed by atoms with van der Waals surface area (Å²) in [5.74, 6) is 6.97. The third kappa shape index (κ3) is 4.21. The highest BCUT2D eigenvalue weighted by atomic mass is 32.2. The zero-order valence-electron chi connectivity index (χ0n) is 14.0. The molecule has 0 saturated heterocycles. The van der Waals surface area contributed by atoms with E-state index in [0.29, 0.717) is 17.5 Å². The number of hydrogen-bond donors (Lipinski definition) is 1. The van der Waals surface area contributed by atoms with Gasteiger partial charge in [-0.15, -0.1) is 10.2 Å². The summed E-state index contributed by atoms with van der Waals surface area (Å²) >= 11 is 2.92. The maximum atomic E-state index is 12.3. The monoisotopic (exact) mass is 373 g/mol. The molecule has 0 unspecified atom stereocenters. The van der Waals surface area contributed by atoms with E-state index in [-0.39, 0.29) is 11.7 Å². The average molecular weight is 374 g/mol. The molecule has 25 heavy (non-hydrogen) atoms. The number of rotatable bonds is 6. The van der Waals surface area contributed by atoms with Crippen molar-refractivity contribution in [2.45, 2.75) is 18.6 Å². The predicted octanol–water partition coefficient (Wildman–Crippen LogP) is 2.78. The number of carbonyl (C=O) groups excluding carboxylic acids is 1. The van der Waals surface area contributed by atoms with Crippen molar-refractivity contribution in [1.29, 1.82) is 0 Å². The Balaban J connectivity index is 1.62. The summed E-state index contributed by atoms with van der Waals surface area (Å²) in [5.41, 5.74) is 3.20. The van der Waals surface area contributed by atoms with E-state index in [1.807, 2.05) is 48.0 Å². The number of aromatic nitrogens is 3. The fraction of sp³-hybridized carbons (Fsp3) is 0.235. The molecule has 0 spiro atoms. The molecule has 1 aromatic carbocycles. The van der Waals surface area contributed by atoms with Gasteiger partial charge in [-0.3, -0.25) is 4.79 Å². The summed E-state index contributed by atoms with van der Waals surface area (Å²) in [5, 5.41) is 12.8. The van der Waals surface area contributed by atoms with Crippen LogP contribution < -0.4 is 5.84 Å². The Labute approximate surface area is 154 Å². The van der Waals surface area contributed by atoms with Crippen LogP contribution in [0.2, 0.25) is 0 Å². The van der Waals surface area contributed by atoms with Gasteiger partial charge in [-0.1, -0.05) is 41.6 Å². The number of nitrogens with zero attached hydrogens (tertiary/aromatic N) is 4. The van der Waals surface area contributed by atoms with Crippen LogP contribution in [0.5, 0.6) is 0 Å². The van der Waals surface area contributed by atoms with Crippen molar-refractivity contribution in [3.05, 3.63) is 52.2 Å². The van der Waals surface area contributed by atoms with Crippen LogP contribution in [0.3, 0.4) is 0 Å². The van der Waals surface area contributed by atoms with Gasteiger partial charge in [-0.2, -0.15) is 11.3 Å². The third-order valence-electron chi connectivity index (χ3n) is 3.72. The molecule has 0 atom stereocenters. The Bertz CT molecular complexity index is 843. The van der Waals surface area contributed by atoms with E-state index in [2.05, 4.69) is 10.2 Å². The van der Waals surface area contributed by atoms with Crippen LogP contribution >= 0.6 is 23.1 Å². The molecule has 0 aliphatic heterocycles. The molecule has 2 N–H and O–H groups in total. The molecule has 8 heteroatoms. The van der Waals surface area contributed by atoms with Crippen molar-refractivity contribution in [2.24, 2.45) is 0 Å². The van der Waals surface area contributed by atoms with Gasteiger partial charge in [0.1, 0.15) is 0 Å². The lowest BCUT2D eigenvalue weighted by molar-refractivity contribution is -0.127. The zero-order valence-corrected chi connectivity index (χ0v) is 15.7. The van der Waals surface area contributed by atoms with E-state index in [0.717, 1.165) is 11.1 Å². The van der Waals surface area contributed by atoms with Crippen molar-refractivity contribution in [1.82, 2.24) is 19.8 Å². The molecule has 0 radical (unpaired) electrons. The molecule has 0 fully saturated rings. The number of nitrogen functional groups attached to an aromatic ring is 1. The number of aryl methyl sites for hydroxylation is 1. The first-order valence-corrected chi connectivity index (χ1v) is 9.63. The summed E-state index contributed by atoms with van der Waals surface area (Å²) in [6, 6.07) is 9.93. The zero-order chi connectivity index (χ0) is 17.8. The number of nitrogens with two attached hydrogens (primary N) is 1. The van der Waals surface area contributed by atoms with Crippen LogP contribution in [0.4, 0.5) is 0 Å². The molecule has 0 bridgehead atoms. The first-order valence-electron chi connectivity index (χ1n) is 7.70. The van der Waals surface area contributed by atoms with Crippen LogP contribution in [-0.4, -0.2) is 38.5 Å². The minimum atomic E-state index is 0.0242. The fourth-order valence-corrected chi connectivity index (χ4v) is 3.71. The largest absolute Gasteiger partial charge is 0.341 e. The van der Waals surface area contributed by atoms with Crippen molar-refractivity contribution in [2.75, 3.05) is 18.6 Å². The highest BCUT2D eigenvalue weighted by molar-refractivity contribution is 7.99. The van der Waals surface area contributed by atoms with Crippen molar-refractivity contribution < 1.29 is 4.79 Å². The Morgan fingerprint density at radius 3 is 2.72 bits per heavy atom. The van der Waals surface area contributed by atoms with Crippen LogP contribution in [-0.2, 0) is 11.3 Å². The molecule has 130 valence electrons. The summed E-state index contributed by atoms with van der Waals surface area (Å²) in [7, 11) is 1.80. The molecule has 2 aromatic heterocycles. The highest BCUT2D eigenvalue weighted by Crippen LogP contribution is 2.22. The van der Waals surface area contributed by atoms with Crippen molar-refractivity contribution in [3.8, 4) is 11.4 Å². The smallest absolute Gasteiger partial charge is 0.233 e. The van der Waals surface area contributed by atoms with Gasteiger partial charge in [0.05, 0.1) is 5.75 Å². The minimum Gasteiger partial charge on any atom is -0.341 e. The Hall–Kier alpha value is -2.32. The lowest BCUT2D eigenvalue weighted by Crippen LogP contribution is -2.27. The SMILES string of the molecule is Cc1ccc(-c2nnc(SCC(=O)N(C)Cc3ccsc3)n2N)cc1. The lowest BCUT2D eigenvalue weighted by Gasteiger charge is -2.15. The molecule has 0 aliphatic carbocycles. The lowest BCUT2D eigenvalue weighted by atomic mass is 10.1. The summed E-state index contributed by atoms with van der Waals surface area (Å²) in [6.07, 6.45) is 0. The van der Waals surface area contributed by atoms with Crippen LogP contribution in [0.15, 0.2) is 46.2 Å². The van der Waals surface area contributed by atoms with Gasteiger partial charge in [0.25, 0.3) is 0 Å². The standard InChI is InChI=1S/C17H19N5OS2/c1-12-3-5-14(6-4-12)16-19-20-17(22(16)18)25-11-15(23)21(2)9-13-7-8-24-10-13/h3-8,10H,9,11,18H2,1-2H3. The molecule has 6 nitrogen and oxygen atoms in total. The maximum absolute atomic E-state index is 12.3. The first kappa shape index (κ1) is 17.5. The number of amides is 1. The van der Waals surface area contributed by atoms with Crippen LogP contribution in [0, 0.1) is 6.92 Å². The van der Waals surface area contributed by atoms with E-state index < -0.39 is 0 Å². The summed E-state index contributed by atoms with van der Waals surface area (Å²) in [4.78, 5) is 14.0. The molecule has 0 saturated carbocycles. The maximum Gasteiger partial charge on any atom is 0.233 e. The molecule has 1 amide bonds. The quantitative estimate of drug-likeness (QED) is 0.531. The molecule has 2 heterocycles. The van der Waals surface area contributed by atoms with Gasteiger partial charge in [0, 0.05) is 19.2 Å². The molecule has 3 rings (SSSR count). The molecule has 0 aliphatic rings. The second kappa shape index (κ2) is 7.71. The van der Waals surface area contributed by atoms with E-state index in [4.69, 9.17) is 5.84 Å². The van der Waals surface area contributed by atoms with Gasteiger partial charge in [-0.05, 0) is 29.3 Å². The highest BCUT2D eigenvalue weighted by Gasteiger charge is 2.15. The number of benzene rings is 1. The van der Waals surface area contributed by atoms with Crippen LogP contribution in [0.25, 0.3) is 11.4 Å². The predicted molar refractivity (Wildman–Crippen MR) is 102 cm³/mol. The Kier molecular flexibility index (Phi) is 5.40. The molecular formula is C17H19N5OS2. The number of carbonyl (C=O) groups is 1. The topological polar surface area (TPSA) is 77.0 Å². The number of hydrogen-bond acceptors (Lipinski definition) is 6. The Morgan fingerprint density at radius 2 is 2.04 bits per heavy atom. The molecule has 3 aromatic rings. The molecular weight excluding hydrogens is 354 g/mol. The average Bonchev–Trinajstić information content (AvgIpc) is 3.23. The Morgan fingerprint density at radius 1 is 1.28 bits per heavy atom. The van der Waals surface area contributed by atoms with E-state index in [9.17, 15) is 4.79 Å². The number of thiophene rings is 1. The second-order valence-corrected chi connectivity index (χ2v) is 7.43. The fourth-order valence-electron chi connectivity index (χ4n) is 2.26. The van der Waals surface area contributed by atoms with E-state index >= 15 is 0 Å². The summed E-state index contributed by atoms with van der Waals surface area (Å²) in [6.45, 7) is 2.63. The second-order valence-electron chi connectivity index (χ2n) is 5.71. The van der Waals surface area contributed by atoms with Crippen molar-refractivity contribution in [3.63, 3.8) is 0 Å². The van der Waals surface area contributed by atoms with Crippen LogP contribution in [0.1, 0.15) is 11.1 Å². The van der Waals surface area contributed by atoms with E-state index in [1.54, 1.807) is 23.3 Å². The van der Waals surface area contributed by atoms with Crippen molar-refractivity contribution >= 4 is 29.0 Å².